The normalized spacial score (nSPS) is 20.8. The van der Waals surface area contributed by atoms with Crippen molar-refractivity contribution in [1.29, 1.82) is 0 Å². The van der Waals surface area contributed by atoms with Gasteiger partial charge in [-0.2, -0.15) is 0 Å². The number of benzene rings is 2. The largest absolute Gasteiger partial charge is 0.573 e. The van der Waals surface area contributed by atoms with Crippen molar-refractivity contribution in [3.8, 4) is 17.4 Å². The standard InChI is InChI=1S/C26H26F3N3O4S/c1-34-19-7-5-17(6-8-19)10-31-12-21-22(13-31)23(21)14-32(25(33)35-24-15-37-16-30-24)11-18-3-2-4-20(9-18)36-26(27,28)29/h2-9,15-16,21-23H,10-14H2,1H3. The molecule has 196 valence electrons. The summed E-state index contributed by atoms with van der Waals surface area (Å²) in [6.45, 7) is 3.28. The minimum atomic E-state index is -4.79. The van der Waals surface area contributed by atoms with Crippen LogP contribution in [0.2, 0.25) is 0 Å². The lowest BCUT2D eigenvalue weighted by atomic mass is 10.1. The van der Waals surface area contributed by atoms with Crippen molar-refractivity contribution < 1.29 is 32.2 Å². The molecule has 5 rings (SSSR count). The van der Waals surface area contributed by atoms with Crippen LogP contribution in [-0.4, -0.2) is 54.0 Å². The first-order valence-electron chi connectivity index (χ1n) is 11.8. The van der Waals surface area contributed by atoms with Gasteiger partial charge in [0.1, 0.15) is 11.5 Å². The zero-order valence-corrected chi connectivity index (χ0v) is 20.9. The Labute approximate surface area is 216 Å². The van der Waals surface area contributed by atoms with Crippen LogP contribution in [0.25, 0.3) is 0 Å². The number of halogens is 3. The van der Waals surface area contributed by atoms with Crippen LogP contribution in [0.5, 0.6) is 17.4 Å². The molecule has 1 aromatic heterocycles. The maximum atomic E-state index is 13.0. The average molecular weight is 534 g/mol. The molecule has 7 nitrogen and oxygen atoms in total. The number of likely N-dealkylation sites (tertiary alicyclic amines) is 1. The number of aromatic nitrogens is 1. The maximum absolute atomic E-state index is 13.0. The van der Waals surface area contributed by atoms with E-state index in [1.807, 2.05) is 12.1 Å². The van der Waals surface area contributed by atoms with Gasteiger partial charge in [0.05, 0.1) is 18.0 Å². The number of carbonyl (C=O) groups is 1. The van der Waals surface area contributed by atoms with Gasteiger partial charge in [-0.05, 0) is 53.1 Å². The minimum Gasteiger partial charge on any atom is -0.497 e. The molecule has 1 amide bonds. The fourth-order valence-corrected chi connectivity index (χ4v) is 5.50. The Morgan fingerprint density at radius 3 is 2.51 bits per heavy atom. The topological polar surface area (TPSA) is 64.1 Å². The molecule has 0 bridgehead atoms. The molecule has 11 heteroatoms. The summed E-state index contributed by atoms with van der Waals surface area (Å²) in [4.78, 5) is 21.0. The van der Waals surface area contributed by atoms with Gasteiger partial charge in [0, 0.05) is 32.7 Å². The summed E-state index contributed by atoms with van der Waals surface area (Å²) in [7, 11) is 1.64. The van der Waals surface area contributed by atoms with Crippen molar-refractivity contribution in [1.82, 2.24) is 14.8 Å². The Bertz CT molecular complexity index is 1190. The van der Waals surface area contributed by atoms with E-state index in [1.165, 1.54) is 35.1 Å². The Hall–Kier alpha value is -3.31. The second-order valence-electron chi connectivity index (χ2n) is 9.30. The number of nitrogens with zero attached hydrogens (tertiary/aromatic N) is 3. The van der Waals surface area contributed by atoms with Crippen molar-refractivity contribution in [2.45, 2.75) is 19.5 Å². The van der Waals surface area contributed by atoms with E-state index in [-0.39, 0.29) is 18.2 Å². The van der Waals surface area contributed by atoms with Crippen molar-refractivity contribution in [2.75, 3.05) is 26.7 Å². The highest BCUT2D eigenvalue weighted by molar-refractivity contribution is 7.07. The zero-order valence-electron chi connectivity index (χ0n) is 20.1. The predicted molar refractivity (Wildman–Crippen MR) is 130 cm³/mol. The molecular formula is C26H26F3N3O4S. The van der Waals surface area contributed by atoms with Crippen LogP contribution < -0.4 is 14.2 Å². The summed E-state index contributed by atoms with van der Waals surface area (Å²) in [5, 5.41) is 1.62. The lowest BCUT2D eigenvalue weighted by Crippen LogP contribution is -2.36. The van der Waals surface area contributed by atoms with E-state index in [1.54, 1.807) is 29.0 Å². The number of hydrogen-bond donors (Lipinski definition) is 0. The van der Waals surface area contributed by atoms with Crippen molar-refractivity contribution in [3.63, 3.8) is 0 Å². The van der Waals surface area contributed by atoms with Gasteiger partial charge in [0.2, 0.25) is 5.88 Å². The van der Waals surface area contributed by atoms with Gasteiger partial charge in [-0.25, -0.2) is 9.78 Å². The fourth-order valence-electron chi connectivity index (χ4n) is 5.05. The van der Waals surface area contributed by atoms with Crippen LogP contribution >= 0.6 is 11.3 Å². The summed E-state index contributed by atoms with van der Waals surface area (Å²) >= 11 is 1.30. The van der Waals surface area contributed by atoms with Crippen molar-refractivity contribution >= 4 is 17.4 Å². The second-order valence-corrected chi connectivity index (χ2v) is 10.0. The Morgan fingerprint density at radius 2 is 1.86 bits per heavy atom. The van der Waals surface area contributed by atoms with E-state index in [0.29, 0.717) is 29.9 Å². The van der Waals surface area contributed by atoms with Gasteiger partial charge >= 0.3 is 12.5 Å². The van der Waals surface area contributed by atoms with Gasteiger partial charge < -0.3 is 19.1 Å². The lowest BCUT2D eigenvalue weighted by Gasteiger charge is -2.25. The van der Waals surface area contributed by atoms with E-state index in [0.717, 1.165) is 25.4 Å². The molecule has 0 N–H and O–H groups in total. The van der Waals surface area contributed by atoms with E-state index in [4.69, 9.17) is 9.47 Å². The number of hydrogen-bond acceptors (Lipinski definition) is 7. The molecule has 2 heterocycles. The van der Waals surface area contributed by atoms with Gasteiger partial charge in [-0.3, -0.25) is 4.90 Å². The molecule has 2 aromatic carbocycles. The summed E-state index contributed by atoms with van der Waals surface area (Å²) < 4.78 is 52.7. The molecule has 1 saturated heterocycles. The van der Waals surface area contributed by atoms with Gasteiger partial charge in [0.15, 0.2) is 0 Å². The molecule has 3 aromatic rings. The maximum Gasteiger partial charge on any atom is 0.573 e. The van der Waals surface area contributed by atoms with E-state index < -0.39 is 12.5 Å². The first kappa shape index (κ1) is 25.3. The highest BCUT2D eigenvalue weighted by Crippen LogP contribution is 2.52. The molecular weight excluding hydrogens is 507 g/mol. The van der Waals surface area contributed by atoms with Crippen LogP contribution in [0.15, 0.2) is 59.4 Å². The first-order valence-corrected chi connectivity index (χ1v) is 12.8. The molecule has 2 unspecified atom stereocenters. The number of alkyl halides is 3. The number of fused-ring (bicyclic) bond motifs is 1. The van der Waals surface area contributed by atoms with Crippen molar-refractivity contribution in [3.05, 3.63) is 70.5 Å². The summed E-state index contributed by atoms with van der Waals surface area (Å²) in [5.41, 5.74) is 3.30. The number of methoxy groups -OCH3 is 1. The van der Waals surface area contributed by atoms with E-state index in [9.17, 15) is 18.0 Å². The summed E-state index contributed by atoms with van der Waals surface area (Å²) in [6.07, 6.45) is -5.36. The Kier molecular flexibility index (Phi) is 7.25. The van der Waals surface area contributed by atoms with Gasteiger partial charge in [-0.15, -0.1) is 24.5 Å². The fraction of sp³-hybridized carbons (Fsp3) is 0.385. The number of carbonyl (C=O) groups excluding carboxylic acids is 1. The third-order valence-corrected chi connectivity index (χ3v) is 7.37. The number of rotatable bonds is 9. The number of ether oxygens (including phenoxy) is 3. The van der Waals surface area contributed by atoms with Gasteiger partial charge in [0.25, 0.3) is 0 Å². The molecule has 1 aliphatic carbocycles. The number of piperidine rings is 1. The molecule has 2 atom stereocenters. The van der Waals surface area contributed by atoms with Crippen LogP contribution in [0.3, 0.4) is 0 Å². The molecule has 0 radical (unpaired) electrons. The highest BCUT2D eigenvalue weighted by Gasteiger charge is 2.56. The second kappa shape index (κ2) is 10.6. The molecule has 1 saturated carbocycles. The molecule has 2 aliphatic rings. The Balaban J connectivity index is 1.21. The molecule has 0 spiro atoms. The Morgan fingerprint density at radius 1 is 1.11 bits per heavy atom. The SMILES string of the molecule is COc1ccc(CN2CC3C(C2)C3CN(Cc2cccc(OC(F)(F)F)c2)C(=O)Oc2cscn2)cc1. The molecule has 2 fully saturated rings. The average Bonchev–Trinajstić information content (AvgIpc) is 3.22. The summed E-state index contributed by atoms with van der Waals surface area (Å²) in [6, 6.07) is 13.7. The highest BCUT2D eigenvalue weighted by atomic mass is 32.1. The van der Waals surface area contributed by atoms with E-state index >= 15 is 0 Å². The smallest absolute Gasteiger partial charge is 0.497 e. The van der Waals surface area contributed by atoms with Crippen LogP contribution in [-0.2, 0) is 13.1 Å². The third-order valence-electron chi connectivity index (χ3n) is 6.81. The number of thiazole rings is 1. The zero-order chi connectivity index (χ0) is 26.0. The van der Waals surface area contributed by atoms with Gasteiger partial charge in [-0.1, -0.05) is 24.3 Å². The number of amides is 1. The molecule has 1 aliphatic heterocycles. The quantitative estimate of drug-likeness (QED) is 0.366. The van der Waals surface area contributed by atoms with Crippen LogP contribution in [0, 0.1) is 17.8 Å². The summed E-state index contributed by atoms with van der Waals surface area (Å²) in [5.74, 6) is 1.95. The van der Waals surface area contributed by atoms with Crippen molar-refractivity contribution in [2.24, 2.45) is 17.8 Å². The lowest BCUT2D eigenvalue weighted by molar-refractivity contribution is -0.274. The van der Waals surface area contributed by atoms with Crippen LogP contribution in [0.4, 0.5) is 18.0 Å². The third kappa shape index (κ3) is 6.53. The molecule has 37 heavy (non-hydrogen) atoms. The first-order chi connectivity index (χ1) is 17.8. The monoisotopic (exact) mass is 533 g/mol. The predicted octanol–water partition coefficient (Wildman–Crippen LogP) is 5.43. The van der Waals surface area contributed by atoms with Crippen LogP contribution in [0.1, 0.15) is 11.1 Å². The van der Waals surface area contributed by atoms with E-state index in [2.05, 4.69) is 26.8 Å². The minimum absolute atomic E-state index is 0.101.